The second kappa shape index (κ2) is 6.36. The molecular weight excluding hydrogens is 216 g/mol. The summed E-state index contributed by atoms with van der Waals surface area (Å²) in [7, 11) is 0. The Kier molecular flexibility index (Phi) is 6.13. The van der Waals surface area contributed by atoms with E-state index in [9.17, 15) is 4.79 Å². The number of rotatable bonds is 8. The van der Waals surface area contributed by atoms with Crippen LogP contribution in [0.4, 0.5) is 0 Å². The van der Waals surface area contributed by atoms with Crippen molar-refractivity contribution in [1.82, 2.24) is 4.90 Å². The molecule has 0 heterocycles. The minimum atomic E-state index is -0.746. The third-order valence-corrected chi connectivity index (χ3v) is 2.94. The van der Waals surface area contributed by atoms with Gasteiger partial charge in [-0.05, 0) is 38.8 Å². The number of hydrogen-bond donors (Lipinski definition) is 2. The molecule has 4 nitrogen and oxygen atoms in total. The number of carboxylic acids is 1. The Morgan fingerprint density at radius 3 is 2.12 bits per heavy atom. The Morgan fingerprint density at radius 2 is 1.76 bits per heavy atom. The van der Waals surface area contributed by atoms with Gasteiger partial charge in [0, 0.05) is 13.1 Å². The lowest BCUT2D eigenvalue weighted by atomic mass is 9.89. The summed E-state index contributed by atoms with van der Waals surface area (Å²) >= 11 is 0. The van der Waals surface area contributed by atoms with Gasteiger partial charge in [-0.3, -0.25) is 4.79 Å². The minimum Gasteiger partial charge on any atom is -0.481 e. The van der Waals surface area contributed by atoms with Crippen molar-refractivity contribution in [3.05, 3.63) is 0 Å². The third kappa shape index (κ3) is 6.03. The van der Waals surface area contributed by atoms with E-state index in [4.69, 9.17) is 10.8 Å². The van der Waals surface area contributed by atoms with Crippen molar-refractivity contribution < 1.29 is 9.90 Å². The summed E-state index contributed by atoms with van der Waals surface area (Å²) in [5.74, 6) is -0.746. The SMILES string of the molecule is CCCN(CC(C)(C)CN)CC(C)(C)C(=O)O. The Labute approximate surface area is 105 Å². The van der Waals surface area contributed by atoms with Crippen LogP contribution in [0.3, 0.4) is 0 Å². The number of nitrogens with zero attached hydrogens (tertiary/aromatic N) is 1. The minimum absolute atomic E-state index is 0.0315. The Hall–Kier alpha value is -0.610. The van der Waals surface area contributed by atoms with Crippen LogP contribution in [0, 0.1) is 10.8 Å². The van der Waals surface area contributed by atoms with Gasteiger partial charge < -0.3 is 15.7 Å². The van der Waals surface area contributed by atoms with Crippen molar-refractivity contribution in [2.45, 2.75) is 41.0 Å². The maximum absolute atomic E-state index is 11.1. The van der Waals surface area contributed by atoms with Gasteiger partial charge in [0.15, 0.2) is 0 Å². The van der Waals surface area contributed by atoms with Gasteiger partial charge in [0.1, 0.15) is 0 Å². The van der Waals surface area contributed by atoms with E-state index < -0.39 is 11.4 Å². The fraction of sp³-hybridized carbons (Fsp3) is 0.923. The summed E-state index contributed by atoms with van der Waals surface area (Å²) in [5, 5.41) is 9.16. The first kappa shape index (κ1) is 16.4. The summed E-state index contributed by atoms with van der Waals surface area (Å²) < 4.78 is 0. The van der Waals surface area contributed by atoms with Crippen molar-refractivity contribution in [1.29, 1.82) is 0 Å². The van der Waals surface area contributed by atoms with Crippen LogP contribution >= 0.6 is 0 Å². The number of carboxylic acid groups (broad SMARTS) is 1. The molecule has 3 N–H and O–H groups in total. The molecule has 0 bridgehead atoms. The summed E-state index contributed by atoms with van der Waals surface area (Å²) in [6.45, 7) is 12.8. The average Bonchev–Trinajstić information content (AvgIpc) is 2.16. The lowest BCUT2D eigenvalue weighted by Crippen LogP contribution is -2.45. The molecule has 0 aliphatic rings. The highest BCUT2D eigenvalue weighted by Gasteiger charge is 2.31. The maximum atomic E-state index is 11.1. The highest BCUT2D eigenvalue weighted by Crippen LogP contribution is 2.21. The zero-order chi connectivity index (χ0) is 13.7. The van der Waals surface area contributed by atoms with Crippen LogP contribution in [0.1, 0.15) is 41.0 Å². The number of aliphatic carboxylic acids is 1. The highest BCUT2D eigenvalue weighted by molar-refractivity contribution is 5.73. The molecule has 0 unspecified atom stereocenters. The Morgan fingerprint density at radius 1 is 1.24 bits per heavy atom. The van der Waals surface area contributed by atoms with Crippen LogP contribution in [-0.4, -0.2) is 42.2 Å². The van der Waals surface area contributed by atoms with E-state index in [1.807, 2.05) is 0 Å². The van der Waals surface area contributed by atoms with Crippen molar-refractivity contribution >= 4 is 5.97 Å². The van der Waals surface area contributed by atoms with E-state index in [0.717, 1.165) is 19.5 Å². The number of hydrogen-bond acceptors (Lipinski definition) is 3. The van der Waals surface area contributed by atoms with E-state index in [1.54, 1.807) is 13.8 Å². The monoisotopic (exact) mass is 244 g/mol. The predicted molar refractivity (Wildman–Crippen MR) is 71.0 cm³/mol. The van der Waals surface area contributed by atoms with Gasteiger partial charge in [0.2, 0.25) is 0 Å². The molecule has 0 saturated heterocycles. The van der Waals surface area contributed by atoms with E-state index in [1.165, 1.54) is 0 Å². The molecule has 0 amide bonds. The van der Waals surface area contributed by atoms with Crippen molar-refractivity contribution in [3.8, 4) is 0 Å². The van der Waals surface area contributed by atoms with Crippen LogP contribution in [0.25, 0.3) is 0 Å². The summed E-state index contributed by atoms with van der Waals surface area (Å²) in [6.07, 6.45) is 1.02. The molecule has 0 aliphatic carbocycles. The van der Waals surface area contributed by atoms with Crippen LogP contribution < -0.4 is 5.73 Å². The van der Waals surface area contributed by atoms with Gasteiger partial charge in [0.05, 0.1) is 5.41 Å². The zero-order valence-electron chi connectivity index (χ0n) is 11.9. The molecule has 0 spiro atoms. The van der Waals surface area contributed by atoms with E-state index in [0.29, 0.717) is 13.1 Å². The normalized spacial score (nSPS) is 13.1. The van der Waals surface area contributed by atoms with Crippen molar-refractivity contribution in [2.75, 3.05) is 26.2 Å². The van der Waals surface area contributed by atoms with Crippen molar-refractivity contribution in [3.63, 3.8) is 0 Å². The van der Waals surface area contributed by atoms with Gasteiger partial charge >= 0.3 is 5.97 Å². The molecule has 0 saturated carbocycles. The second-order valence-electron chi connectivity index (χ2n) is 6.27. The fourth-order valence-corrected chi connectivity index (χ4v) is 1.83. The van der Waals surface area contributed by atoms with Crippen molar-refractivity contribution in [2.24, 2.45) is 16.6 Å². The summed E-state index contributed by atoms with van der Waals surface area (Å²) in [5.41, 5.74) is 5.05. The maximum Gasteiger partial charge on any atom is 0.310 e. The third-order valence-electron chi connectivity index (χ3n) is 2.94. The van der Waals surface area contributed by atoms with Gasteiger partial charge in [-0.1, -0.05) is 20.8 Å². The lowest BCUT2D eigenvalue weighted by Gasteiger charge is -2.35. The smallest absolute Gasteiger partial charge is 0.310 e. The van der Waals surface area contributed by atoms with Crippen LogP contribution in [0.5, 0.6) is 0 Å². The lowest BCUT2D eigenvalue weighted by molar-refractivity contribution is -0.148. The zero-order valence-corrected chi connectivity index (χ0v) is 11.9. The molecule has 0 rings (SSSR count). The second-order valence-corrected chi connectivity index (χ2v) is 6.27. The van der Waals surface area contributed by atoms with Crippen LogP contribution in [0.2, 0.25) is 0 Å². The number of nitrogens with two attached hydrogens (primary N) is 1. The first-order chi connectivity index (χ1) is 7.64. The van der Waals surface area contributed by atoms with Crippen LogP contribution in [0.15, 0.2) is 0 Å². The molecule has 0 radical (unpaired) electrons. The van der Waals surface area contributed by atoms with E-state index in [-0.39, 0.29) is 5.41 Å². The molecule has 0 fully saturated rings. The van der Waals surface area contributed by atoms with Gasteiger partial charge in [-0.15, -0.1) is 0 Å². The van der Waals surface area contributed by atoms with Gasteiger partial charge in [0.25, 0.3) is 0 Å². The Bertz CT molecular complexity index is 250. The highest BCUT2D eigenvalue weighted by atomic mass is 16.4. The molecule has 0 atom stereocenters. The predicted octanol–water partition coefficient (Wildman–Crippen LogP) is 1.79. The van der Waals surface area contributed by atoms with Gasteiger partial charge in [-0.2, -0.15) is 0 Å². The Balaban J connectivity index is 4.59. The molecular formula is C13H28N2O2. The quantitative estimate of drug-likeness (QED) is 0.683. The first-order valence-corrected chi connectivity index (χ1v) is 6.30. The van der Waals surface area contributed by atoms with E-state index >= 15 is 0 Å². The molecule has 4 heteroatoms. The standard InChI is InChI=1S/C13H28N2O2/c1-6-7-15(9-12(2,3)8-14)10-13(4,5)11(16)17/h6-10,14H2,1-5H3,(H,16,17). The van der Waals surface area contributed by atoms with Gasteiger partial charge in [-0.25, -0.2) is 0 Å². The molecule has 0 aromatic carbocycles. The molecule has 17 heavy (non-hydrogen) atoms. The molecule has 0 aromatic heterocycles. The first-order valence-electron chi connectivity index (χ1n) is 6.30. The number of carbonyl (C=O) groups is 1. The summed E-state index contributed by atoms with van der Waals surface area (Å²) in [6, 6.07) is 0. The summed E-state index contributed by atoms with van der Waals surface area (Å²) in [4.78, 5) is 13.4. The molecule has 102 valence electrons. The van der Waals surface area contributed by atoms with E-state index in [2.05, 4.69) is 25.7 Å². The topological polar surface area (TPSA) is 66.6 Å². The van der Waals surface area contributed by atoms with Crippen LogP contribution in [-0.2, 0) is 4.79 Å². The fourth-order valence-electron chi connectivity index (χ4n) is 1.83. The average molecular weight is 244 g/mol. The largest absolute Gasteiger partial charge is 0.481 e. The molecule has 0 aromatic rings. The molecule has 0 aliphatic heterocycles.